The molecule has 0 heterocycles. The van der Waals surface area contributed by atoms with Crippen molar-refractivity contribution in [2.24, 2.45) is 0 Å². The van der Waals surface area contributed by atoms with E-state index >= 15 is 0 Å². The van der Waals surface area contributed by atoms with Gasteiger partial charge in [-0.3, -0.25) is 4.79 Å². The highest BCUT2D eigenvalue weighted by atomic mass is 16.5. The summed E-state index contributed by atoms with van der Waals surface area (Å²) >= 11 is 0. The van der Waals surface area contributed by atoms with Gasteiger partial charge >= 0.3 is 5.97 Å². The lowest BCUT2D eigenvalue weighted by atomic mass is 10.3. The number of aliphatic hydroxyl groups is 1. The number of aliphatic carboxylic acids is 1. The molecule has 0 fully saturated rings. The maximum atomic E-state index is 9.96. The summed E-state index contributed by atoms with van der Waals surface area (Å²) in [4.78, 5) is 9.96. The highest BCUT2D eigenvalue weighted by molar-refractivity contribution is 5.67. The Balaban J connectivity index is 3.25. The summed E-state index contributed by atoms with van der Waals surface area (Å²) in [6.45, 7) is 2.38. The van der Waals surface area contributed by atoms with Crippen LogP contribution in [0.25, 0.3) is 0 Å². The Hall–Kier alpha value is -0.610. The molecule has 0 rings (SSSR count). The third kappa shape index (κ3) is 5.53. The van der Waals surface area contributed by atoms with Crippen molar-refractivity contribution in [3.63, 3.8) is 0 Å². The van der Waals surface area contributed by atoms with Gasteiger partial charge in [0, 0.05) is 6.61 Å². The van der Waals surface area contributed by atoms with Crippen molar-refractivity contribution >= 4 is 5.97 Å². The zero-order chi connectivity index (χ0) is 7.98. The van der Waals surface area contributed by atoms with E-state index in [0.29, 0.717) is 6.61 Å². The van der Waals surface area contributed by atoms with E-state index in [1.807, 2.05) is 0 Å². The standard InChI is InChI=1S/C6H12O4/c1-2-10-4-5(7)3-6(8)9/h5,7H,2-4H2,1H3,(H,8,9). The summed E-state index contributed by atoms with van der Waals surface area (Å²) in [5.41, 5.74) is 0. The molecule has 0 spiro atoms. The van der Waals surface area contributed by atoms with E-state index in [9.17, 15) is 4.79 Å². The summed E-state index contributed by atoms with van der Waals surface area (Å²) < 4.78 is 4.78. The van der Waals surface area contributed by atoms with Crippen LogP contribution in [0.1, 0.15) is 13.3 Å². The van der Waals surface area contributed by atoms with Gasteiger partial charge in [0.25, 0.3) is 0 Å². The van der Waals surface area contributed by atoms with Gasteiger partial charge < -0.3 is 14.9 Å². The molecule has 0 radical (unpaired) electrons. The van der Waals surface area contributed by atoms with Crippen molar-refractivity contribution in [3.8, 4) is 0 Å². The fourth-order valence-corrected chi connectivity index (χ4v) is 0.514. The van der Waals surface area contributed by atoms with Crippen molar-refractivity contribution in [3.05, 3.63) is 0 Å². The average Bonchev–Trinajstić information content (AvgIpc) is 1.82. The van der Waals surface area contributed by atoms with Crippen LogP contribution < -0.4 is 0 Å². The van der Waals surface area contributed by atoms with Crippen LogP contribution in [0.2, 0.25) is 0 Å². The summed E-state index contributed by atoms with van der Waals surface area (Å²) in [5.74, 6) is -1.01. The van der Waals surface area contributed by atoms with Gasteiger partial charge in [-0.15, -0.1) is 0 Å². The molecule has 10 heavy (non-hydrogen) atoms. The van der Waals surface area contributed by atoms with Gasteiger partial charge in [0.05, 0.1) is 19.1 Å². The van der Waals surface area contributed by atoms with Crippen LogP contribution in [0.3, 0.4) is 0 Å². The van der Waals surface area contributed by atoms with Gasteiger partial charge in [0.2, 0.25) is 0 Å². The summed E-state index contributed by atoms with van der Waals surface area (Å²) in [6.07, 6.45) is -1.13. The van der Waals surface area contributed by atoms with Crippen molar-refractivity contribution in [1.82, 2.24) is 0 Å². The lowest BCUT2D eigenvalue weighted by molar-refractivity contribution is -0.140. The molecule has 0 aromatic heterocycles. The second kappa shape index (κ2) is 5.20. The minimum atomic E-state index is -1.01. The molecule has 4 nitrogen and oxygen atoms in total. The Bertz CT molecular complexity index is 102. The number of hydrogen-bond acceptors (Lipinski definition) is 3. The van der Waals surface area contributed by atoms with Crippen LogP contribution >= 0.6 is 0 Å². The molecule has 0 aliphatic heterocycles. The van der Waals surface area contributed by atoms with Gasteiger partial charge in [-0.2, -0.15) is 0 Å². The van der Waals surface area contributed by atoms with E-state index in [1.54, 1.807) is 6.92 Å². The largest absolute Gasteiger partial charge is 0.481 e. The number of ether oxygens (including phenoxy) is 1. The third-order valence-electron chi connectivity index (χ3n) is 0.925. The Morgan fingerprint density at radius 1 is 1.70 bits per heavy atom. The van der Waals surface area contributed by atoms with E-state index < -0.39 is 12.1 Å². The van der Waals surface area contributed by atoms with Gasteiger partial charge in [-0.1, -0.05) is 0 Å². The van der Waals surface area contributed by atoms with E-state index in [1.165, 1.54) is 0 Å². The quantitative estimate of drug-likeness (QED) is 0.569. The molecule has 0 aromatic rings. The summed E-state index contributed by atoms with van der Waals surface area (Å²) in [5, 5.41) is 17.0. The van der Waals surface area contributed by atoms with Crippen LogP contribution in [0.4, 0.5) is 0 Å². The zero-order valence-electron chi connectivity index (χ0n) is 5.91. The van der Waals surface area contributed by atoms with Crippen molar-refractivity contribution in [2.45, 2.75) is 19.4 Å². The van der Waals surface area contributed by atoms with Crippen LogP contribution in [0.5, 0.6) is 0 Å². The Morgan fingerprint density at radius 2 is 2.30 bits per heavy atom. The highest BCUT2D eigenvalue weighted by Gasteiger charge is 2.07. The molecule has 0 amide bonds. The molecule has 1 atom stereocenters. The van der Waals surface area contributed by atoms with Crippen LogP contribution in [0.15, 0.2) is 0 Å². The maximum absolute atomic E-state index is 9.96. The smallest absolute Gasteiger partial charge is 0.306 e. The molecule has 60 valence electrons. The number of rotatable bonds is 5. The molecule has 1 unspecified atom stereocenters. The molecule has 4 heteroatoms. The van der Waals surface area contributed by atoms with Crippen molar-refractivity contribution in [1.29, 1.82) is 0 Å². The minimum Gasteiger partial charge on any atom is -0.481 e. The van der Waals surface area contributed by atoms with E-state index in [4.69, 9.17) is 14.9 Å². The molecular weight excluding hydrogens is 136 g/mol. The van der Waals surface area contributed by atoms with Gasteiger partial charge in [-0.25, -0.2) is 0 Å². The number of aliphatic hydroxyl groups excluding tert-OH is 1. The van der Waals surface area contributed by atoms with Gasteiger partial charge in [0.15, 0.2) is 0 Å². The van der Waals surface area contributed by atoms with E-state index in [0.717, 1.165) is 0 Å². The predicted octanol–water partition coefficient (Wildman–Crippen LogP) is -0.142. The number of carboxylic acid groups (broad SMARTS) is 1. The van der Waals surface area contributed by atoms with E-state index in [2.05, 4.69) is 0 Å². The average molecular weight is 148 g/mol. The first-order valence-electron chi connectivity index (χ1n) is 3.14. The fourth-order valence-electron chi connectivity index (χ4n) is 0.514. The Kier molecular flexibility index (Phi) is 4.88. The zero-order valence-corrected chi connectivity index (χ0v) is 5.91. The summed E-state index contributed by atoms with van der Waals surface area (Å²) in [6, 6.07) is 0. The molecule has 0 saturated heterocycles. The van der Waals surface area contributed by atoms with Crippen molar-refractivity contribution in [2.75, 3.05) is 13.2 Å². The molecule has 2 N–H and O–H groups in total. The molecule has 0 bridgehead atoms. The molecular formula is C6H12O4. The van der Waals surface area contributed by atoms with Crippen LogP contribution in [0, 0.1) is 0 Å². The third-order valence-corrected chi connectivity index (χ3v) is 0.925. The second-order valence-corrected chi connectivity index (χ2v) is 1.91. The van der Waals surface area contributed by atoms with E-state index in [-0.39, 0.29) is 13.0 Å². The second-order valence-electron chi connectivity index (χ2n) is 1.91. The molecule has 0 aromatic carbocycles. The fraction of sp³-hybridized carbons (Fsp3) is 0.833. The SMILES string of the molecule is CCOCC(O)CC(=O)O. The van der Waals surface area contributed by atoms with Crippen LogP contribution in [-0.4, -0.2) is 35.5 Å². The normalized spacial score (nSPS) is 13.0. The lowest BCUT2D eigenvalue weighted by Crippen LogP contribution is -2.19. The minimum absolute atomic E-state index is 0.100. The van der Waals surface area contributed by atoms with Gasteiger partial charge in [0.1, 0.15) is 0 Å². The predicted molar refractivity (Wildman–Crippen MR) is 34.8 cm³/mol. The first-order valence-corrected chi connectivity index (χ1v) is 3.14. The van der Waals surface area contributed by atoms with Crippen molar-refractivity contribution < 1.29 is 19.7 Å². The molecule has 0 saturated carbocycles. The first-order chi connectivity index (χ1) is 4.66. The molecule has 0 aliphatic rings. The Labute approximate surface area is 59.4 Å². The Morgan fingerprint density at radius 3 is 2.70 bits per heavy atom. The first kappa shape index (κ1) is 9.39. The highest BCUT2D eigenvalue weighted by Crippen LogP contribution is 1.91. The monoisotopic (exact) mass is 148 g/mol. The lowest BCUT2D eigenvalue weighted by Gasteiger charge is -2.05. The van der Waals surface area contributed by atoms with Gasteiger partial charge in [-0.05, 0) is 6.92 Å². The topological polar surface area (TPSA) is 66.8 Å². The number of hydrogen-bond donors (Lipinski definition) is 2. The number of carbonyl (C=O) groups is 1. The summed E-state index contributed by atoms with van der Waals surface area (Å²) in [7, 11) is 0. The molecule has 0 aliphatic carbocycles. The van der Waals surface area contributed by atoms with Crippen LogP contribution in [-0.2, 0) is 9.53 Å². The number of carboxylic acids is 1. The maximum Gasteiger partial charge on any atom is 0.306 e.